The minimum absolute atomic E-state index is 0.146. The highest BCUT2D eigenvalue weighted by molar-refractivity contribution is 8.09. The molecule has 0 aliphatic carbocycles. The molecule has 0 aromatic carbocycles. The second kappa shape index (κ2) is 5.94. The van der Waals surface area contributed by atoms with E-state index >= 15 is 0 Å². The van der Waals surface area contributed by atoms with Gasteiger partial charge in [0.1, 0.15) is 0 Å². The number of rotatable bonds is 5. The summed E-state index contributed by atoms with van der Waals surface area (Å²) >= 11 is 5.18. The molecule has 0 rings (SSSR count). The zero-order valence-corrected chi connectivity index (χ0v) is 11.7. The minimum atomic E-state index is -2.64. The normalized spacial score (nSPS) is 12.6. The van der Waals surface area contributed by atoms with E-state index in [9.17, 15) is 4.79 Å². The summed E-state index contributed by atoms with van der Waals surface area (Å²) in [5.41, 5.74) is -0.488. The third kappa shape index (κ3) is 5.61. The highest BCUT2D eigenvalue weighted by Gasteiger charge is 2.28. The number of amides is 1. The molecule has 0 aromatic rings. The first-order valence-corrected chi connectivity index (χ1v) is 7.61. The molecule has 0 heterocycles. The quantitative estimate of drug-likeness (QED) is 0.764. The van der Waals surface area contributed by atoms with Crippen LogP contribution in [0.3, 0.4) is 0 Å². The van der Waals surface area contributed by atoms with E-state index in [0.717, 1.165) is 0 Å². The lowest BCUT2D eigenvalue weighted by atomic mass is 9.96. The van der Waals surface area contributed by atoms with Crippen molar-refractivity contribution < 1.29 is 13.8 Å². The summed E-state index contributed by atoms with van der Waals surface area (Å²) in [6.07, 6.45) is 0. The summed E-state index contributed by atoms with van der Waals surface area (Å²) in [6, 6.07) is 0. The molecular formula is C9H20NO3PS. The molecule has 1 N–H and O–H groups in total. The van der Waals surface area contributed by atoms with Gasteiger partial charge in [-0.3, -0.25) is 9.88 Å². The summed E-state index contributed by atoms with van der Waals surface area (Å²) in [4.78, 5) is 11.7. The van der Waals surface area contributed by atoms with E-state index in [-0.39, 0.29) is 5.91 Å². The van der Waals surface area contributed by atoms with Crippen molar-refractivity contribution >= 4 is 24.4 Å². The molecule has 1 amide bonds. The van der Waals surface area contributed by atoms with Crippen molar-refractivity contribution in [2.45, 2.75) is 34.6 Å². The van der Waals surface area contributed by atoms with Gasteiger partial charge in [-0.15, -0.1) is 0 Å². The Morgan fingerprint density at radius 3 is 1.93 bits per heavy atom. The third-order valence-electron chi connectivity index (χ3n) is 1.52. The van der Waals surface area contributed by atoms with Crippen LogP contribution in [0.25, 0.3) is 0 Å². The number of hydrogen-bond acceptors (Lipinski definition) is 4. The first kappa shape index (κ1) is 15.0. The molecule has 0 spiro atoms. The zero-order chi connectivity index (χ0) is 12.1. The molecule has 0 unspecified atom stereocenters. The lowest BCUT2D eigenvalue weighted by molar-refractivity contribution is -0.126. The van der Waals surface area contributed by atoms with Gasteiger partial charge in [0, 0.05) is 5.41 Å². The van der Waals surface area contributed by atoms with E-state index in [0.29, 0.717) is 13.2 Å². The lowest BCUT2D eigenvalue weighted by Crippen LogP contribution is -2.33. The molecule has 0 bridgehead atoms. The Labute approximate surface area is 96.9 Å². The van der Waals surface area contributed by atoms with Crippen molar-refractivity contribution in [1.82, 2.24) is 5.09 Å². The van der Waals surface area contributed by atoms with Crippen LogP contribution in [0.15, 0.2) is 0 Å². The van der Waals surface area contributed by atoms with Crippen LogP contribution in [0.5, 0.6) is 0 Å². The van der Waals surface area contributed by atoms with E-state index in [4.69, 9.17) is 20.9 Å². The van der Waals surface area contributed by atoms with Gasteiger partial charge in [0.25, 0.3) is 6.64 Å². The molecule has 0 fully saturated rings. The SMILES string of the molecule is CCOP(=S)(NC(=O)C(C)(C)C)OCC. The van der Waals surface area contributed by atoms with Crippen molar-refractivity contribution in [1.29, 1.82) is 0 Å². The first-order valence-electron chi connectivity index (χ1n) is 4.97. The van der Waals surface area contributed by atoms with Crippen LogP contribution in [0.1, 0.15) is 34.6 Å². The van der Waals surface area contributed by atoms with Crippen molar-refractivity contribution in [3.8, 4) is 0 Å². The molecule has 0 aromatic heterocycles. The van der Waals surface area contributed by atoms with Gasteiger partial charge in [0.2, 0.25) is 5.91 Å². The second-order valence-corrected chi connectivity index (χ2v) is 7.20. The molecule has 90 valence electrons. The maximum absolute atomic E-state index is 11.7. The smallest absolute Gasteiger partial charge is 0.289 e. The van der Waals surface area contributed by atoms with Gasteiger partial charge in [-0.1, -0.05) is 20.8 Å². The third-order valence-corrected chi connectivity index (χ3v) is 4.10. The molecule has 0 aliphatic rings. The van der Waals surface area contributed by atoms with Crippen LogP contribution >= 0.6 is 6.64 Å². The van der Waals surface area contributed by atoms with Gasteiger partial charge >= 0.3 is 0 Å². The van der Waals surface area contributed by atoms with E-state index in [1.807, 2.05) is 34.6 Å². The average Bonchev–Trinajstić information content (AvgIpc) is 2.02. The molecule has 6 heteroatoms. The van der Waals surface area contributed by atoms with Crippen LogP contribution in [-0.4, -0.2) is 19.1 Å². The topological polar surface area (TPSA) is 47.6 Å². The van der Waals surface area contributed by atoms with Gasteiger partial charge in [-0.05, 0) is 25.7 Å². The van der Waals surface area contributed by atoms with E-state index in [2.05, 4.69) is 5.09 Å². The fourth-order valence-electron chi connectivity index (χ4n) is 0.734. The van der Waals surface area contributed by atoms with Crippen molar-refractivity contribution in [2.75, 3.05) is 13.2 Å². The highest BCUT2D eigenvalue weighted by Crippen LogP contribution is 2.44. The maximum Gasteiger partial charge on any atom is 0.289 e. The van der Waals surface area contributed by atoms with Gasteiger partial charge < -0.3 is 9.05 Å². The van der Waals surface area contributed by atoms with E-state index in [1.165, 1.54) is 0 Å². The summed E-state index contributed by atoms with van der Waals surface area (Å²) in [7, 11) is 0. The Hall–Kier alpha value is 0.0400. The van der Waals surface area contributed by atoms with Gasteiger partial charge in [0.15, 0.2) is 0 Å². The Morgan fingerprint density at radius 2 is 1.67 bits per heavy atom. The van der Waals surface area contributed by atoms with Gasteiger partial charge in [-0.2, -0.15) is 0 Å². The Kier molecular flexibility index (Phi) is 5.96. The van der Waals surface area contributed by atoms with Crippen molar-refractivity contribution in [3.63, 3.8) is 0 Å². The fraction of sp³-hybridized carbons (Fsp3) is 0.889. The number of hydrogen-bond donors (Lipinski definition) is 1. The summed E-state index contributed by atoms with van der Waals surface area (Å²) in [5, 5.41) is 2.68. The summed E-state index contributed by atoms with van der Waals surface area (Å²) in [5.74, 6) is -0.146. The predicted octanol–water partition coefficient (Wildman–Crippen LogP) is 2.45. The predicted molar refractivity (Wildman–Crippen MR) is 65.1 cm³/mol. The van der Waals surface area contributed by atoms with Gasteiger partial charge in [-0.25, -0.2) is 0 Å². The largest absolute Gasteiger partial charge is 0.314 e. The molecule has 15 heavy (non-hydrogen) atoms. The molecule has 0 saturated heterocycles. The zero-order valence-electron chi connectivity index (χ0n) is 9.99. The molecule has 0 saturated carbocycles. The Bertz CT molecular complexity index is 253. The van der Waals surface area contributed by atoms with Crippen LogP contribution in [0.4, 0.5) is 0 Å². The highest BCUT2D eigenvalue weighted by atomic mass is 32.5. The molecule has 0 atom stereocenters. The van der Waals surface area contributed by atoms with E-state index in [1.54, 1.807) is 0 Å². The van der Waals surface area contributed by atoms with E-state index < -0.39 is 12.1 Å². The van der Waals surface area contributed by atoms with Crippen LogP contribution in [0.2, 0.25) is 0 Å². The molecular weight excluding hydrogens is 233 g/mol. The monoisotopic (exact) mass is 253 g/mol. The summed E-state index contributed by atoms with van der Waals surface area (Å²) < 4.78 is 10.6. The Balaban J connectivity index is 4.55. The lowest BCUT2D eigenvalue weighted by Gasteiger charge is -2.25. The molecule has 0 aliphatic heterocycles. The maximum atomic E-state index is 11.7. The Morgan fingerprint density at radius 1 is 1.27 bits per heavy atom. The van der Waals surface area contributed by atoms with Crippen molar-refractivity contribution in [2.24, 2.45) is 5.41 Å². The summed E-state index contributed by atoms with van der Waals surface area (Å²) in [6.45, 7) is 7.33. The molecule has 4 nitrogen and oxygen atoms in total. The first-order chi connectivity index (χ1) is 6.75. The average molecular weight is 253 g/mol. The number of nitrogens with one attached hydrogen (secondary N) is 1. The fourth-order valence-corrected chi connectivity index (χ4v) is 3.08. The van der Waals surface area contributed by atoms with Crippen molar-refractivity contribution in [3.05, 3.63) is 0 Å². The minimum Gasteiger partial charge on any atom is -0.314 e. The standard InChI is InChI=1S/C9H20NO3PS/c1-6-12-14(15,13-7-2)10-8(11)9(3,4)5/h6-7H2,1-5H3,(H,10,11,15). The van der Waals surface area contributed by atoms with Crippen LogP contribution in [-0.2, 0) is 25.6 Å². The second-order valence-electron chi connectivity index (χ2n) is 4.02. The molecule has 0 radical (unpaired) electrons. The van der Waals surface area contributed by atoms with Crippen LogP contribution < -0.4 is 5.09 Å². The van der Waals surface area contributed by atoms with Crippen LogP contribution in [0, 0.1) is 5.41 Å². The number of carbonyl (C=O) groups is 1. The number of carbonyl (C=O) groups excluding carboxylic acids is 1. The van der Waals surface area contributed by atoms with Gasteiger partial charge in [0.05, 0.1) is 13.2 Å².